The van der Waals surface area contributed by atoms with E-state index in [1.165, 1.54) is 18.4 Å². The number of hydrogen-bond donors (Lipinski definition) is 1. The van der Waals surface area contributed by atoms with Gasteiger partial charge in [0.05, 0.1) is 12.3 Å². The second-order valence-electron chi connectivity index (χ2n) is 6.26. The van der Waals surface area contributed by atoms with Crippen molar-refractivity contribution in [2.45, 2.75) is 25.8 Å². The van der Waals surface area contributed by atoms with Crippen molar-refractivity contribution in [3.05, 3.63) is 65.6 Å². The molecule has 1 N–H and O–H groups in total. The summed E-state index contributed by atoms with van der Waals surface area (Å²) in [5.41, 5.74) is 2.24. The lowest BCUT2D eigenvalue weighted by Gasteiger charge is -2.25. The van der Waals surface area contributed by atoms with Gasteiger partial charge in [0.2, 0.25) is 5.91 Å². The molecular formula is C20H24N2O2. The van der Waals surface area contributed by atoms with Crippen molar-refractivity contribution in [3.63, 3.8) is 0 Å². The Morgan fingerprint density at radius 3 is 2.67 bits per heavy atom. The maximum absolute atomic E-state index is 12.1. The van der Waals surface area contributed by atoms with Crippen molar-refractivity contribution >= 4 is 12.0 Å². The molecule has 1 aromatic heterocycles. The maximum Gasteiger partial charge on any atom is 0.244 e. The Balaban J connectivity index is 1.57. The van der Waals surface area contributed by atoms with E-state index in [1.807, 2.05) is 49.4 Å². The Bertz CT molecular complexity index is 668. The van der Waals surface area contributed by atoms with Crippen LogP contribution in [0.1, 0.15) is 35.8 Å². The highest BCUT2D eigenvalue weighted by atomic mass is 16.3. The Morgan fingerprint density at radius 1 is 1.25 bits per heavy atom. The first kappa shape index (κ1) is 16.5. The SMILES string of the molecule is Cc1ccc(/C=C/C(=O)NC[C@H](c2ccco2)N2CCCC2)cc1. The molecule has 2 aromatic rings. The fraction of sp³-hybridized carbons (Fsp3) is 0.350. The molecule has 0 bridgehead atoms. The largest absolute Gasteiger partial charge is 0.468 e. The third-order valence-electron chi connectivity index (χ3n) is 4.43. The number of likely N-dealkylation sites (tertiary alicyclic amines) is 1. The lowest BCUT2D eigenvalue weighted by Crippen LogP contribution is -2.36. The fourth-order valence-electron chi connectivity index (χ4n) is 3.05. The zero-order chi connectivity index (χ0) is 16.8. The van der Waals surface area contributed by atoms with Gasteiger partial charge in [0.15, 0.2) is 0 Å². The van der Waals surface area contributed by atoms with Crippen molar-refractivity contribution in [1.82, 2.24) is 10.2 Å². The molecule has 1 fully saturated rings. The monoisotopic (exact) mass is 324 g/mol. The van der Waals surface area contributed by atoms with E-state index < -0.39 is 0 Å². The highest BCUT2D eigenvalue weighted by Gasteiger charge is 2.25. The van der Waals surface area contributed by atoms with Gasteiger partial charge in [-0.05, 0) is 56.6 Å². The van der Waals surface area contributed by atoms with Crippen LogP contribution in [-0.4, -0.2) is 30.4 Å². The number of nitrogens with one attached hydrogen (secondary N) is 1. The van der Waals surface area contributed by atoms with E-state index in [2.05, 4.69) is 10.2 Å². The fourth-order valence-corrected chi connectivity index (χ4v) is 3.05. The zero-order valence-electron chi connectivity index (χ0n) is 14.1. The number of nitrogens with zero attached hydrogens (tertiary/aromatic N) is 1. The van der Waals surface area contributed by atoms with Crippen LogP contribution in [0.4, 0.5) is 0 Å². The molecule has 4 nitrogen and oxygen atoms in total. The maximum atomic E-state index is 12.1. The number of carbonyl (C=O) groups excluding carboxylic acids is 1. The predicted molar refractivity (Wildman–Crippen MR) is 95.5 cm³/mol. The normalized spacial score (nSPS) is 16.5. The van der Waals surface area contributed by atoms with E-state index in [-0.39, 0.29) is 11.9 Å². The average molecular weight is 324 g/mol. The lowest BCUT2D eigenvalue weighted by molar-refractivity contribution is -0.116. The van der Waals surface area contributed by atoms with Gasteiger partial charge >= 0.3 is 0 Å². The number of hydrogen-bond acceptors (Lipinski definition) is 3. The van der Waals surface area contributed by atoms with E-state index in [1.54, 1.807) is 12.3 Å². The van der Waals surface area contributed by atoms with E-state index in [4.69, 9.17) is 4.42 Å². The summed E-state index contributed by atoms with van der Waals surface area (Å²) in [5, 5.41) is 3.00. The Labute approximate surface area is 143 Å². The van der Waals surface area contributed by atoms with Crippen LogP contribution < -0.4 is 5.32 Å². The second kappa shape index (κ2) is 7.97. The topological polar surface area (TPSA) is 45.5 Å². The van der Waals surface area contributed by atoms with Gasteiger partial charge in [-0.15, -0.1) is 0 Å². The second-order valence-corrected chi connectivity index (χ2v) is 6.26. The van der Waals surface area contributed by atoms with Crippen LogP contribution in [0.5, 0.6) is 0 Å². The smallest absolute Gasteiger partial charge is 0.244 e. The Hall–Kier alpha value is -2.33. The van der Waals surface area contributed by atoms with E-state index in [0.717, 1.165) is 24.4 Å². The molecule has 0 saturated carbocycles. The summed E-state index contributed by atoms with van der Waals surface area (Å²) in [6.07, 6.45) is 7.54. The highest BCUT2D eigenvalue weighted by Crippen LogP contribution is 2.24. The van der Waals surface area contributed by atoms with Crippen LogP contribution >= 0.6 is 0 Å². The molecule has 0 radical (unpaired) electrons. The molecule has 24 heavy (non-hydrogen) atoms. The number of rotatable bonds is 6. The van der Waals surface area contributed by atoms with Crippen molar-refractivity contribution in [3.8, 4) is 0 Å². The highest BCUT2D eigenvalue weighted by molar-refractivity contribution is 5.91. The third-order valence-corrected chi connectivity index (χ3v) is 4.43. The number of amides is 1. The van der Waals surface area contributed by atoms with Gasteiger partial charge in [-0.1, -0.05) is 29.8 Å². The molecule has 1 atom stereocenters. The minimum atomic E-state index is -0.0775. The third kappa shape index (κ3) is 4.36. The summed E-state index contributed by atoms with van der Waals surface area (Å²) in [5.74, 6) is 0.839. The molecule has 1 aliphatic heterocycles. The molecule has 4 heteroatoms. The van der Waals surface area contributed by atoms with Gasteiger partial charge in [0.1, 0.15) is 5.76 Å². The number of benzene rings is 1. The van der Waals surface area contributed by atoms with Crippen molar-refractivity contribution in [2.75, 3.05) is 19.6 Å². The summed E-state index contributed by atoms with van der Waals surface area (Å²) in [7, 11) is 0. The standard InChI is InChI=1S/C20H24N2O2/c1-16-6-8-17(9-7-16)10-11-20(23)21-15-18(19-5-4-14-24-19)22-12-2-3-13-22/h4-11,14,18H,2-3,12-13,15H2,1H3,(H,21,23)/b11-10+/t18-/m1/s1. The first-order valence-electron chi connectivity index (χ1n) is 8.52. The van der Waals surface area contributed by atoms with Gasteiger partial charge in [-0.25, -0.2) is 0 Å². The summed E-state index contributed by atoms with van der Waals surface area (Å²) in [6, 6.07) is 12.1. The summed E-state index contributed by atoms with van der Waals surface area (Å²) >= 11 is 0. The van der Waals surface area contributed by atoms with Crippen LogP contribution in [0, 0.1) is 6.92 Å². The van der Waals surface area contributed by atoms with Crippen LogP contribution in [-0.2, 0) is 4.79 Å². The molecule has 1 aliphatic rings. The molecule has 0 unspecified atom stereocenters. The molecular weight excluding hydrogens is 300 g/mol. The van der Waals surface area contributed by atoms with Crippen LogP contribution in [0.2, 0.25) is 0 Å². The molecule has 1 aromatic carbocycles. The molecule has 0 aliphatic carbocycles. The van der Waals surface area contributed by atoms with E-state index >= 15 is 0 Å². The van der Waals surface area contributed by atoms with E-state index in [0.29, 0.717) is 6.54 Å². The first-order valence-corrected chi connectivity index (χ1v) is 8.52. The average Bonchev–Trinajstić information content (AvgIpc) is 3.29. The summed E-state index contributed by atoms with van der Waals surface area (Å²) in [4.78, 5) is 14.5. The molecule has 0 spiro atoms. The molecule has 1 amide bonds. The lowest BCUT2D eigenvalue weighted by atomic mass is 10.1. The summed E-state index contributed by atoms with van der Waals surface area (Å²) in [6.45, 7) is 4.72. The van der Waals surface area contributed by atoms with Crippen molar-refractivity contribution in [1.29, 1.82) is 0 Å². The first-order chi connectivity index (χ1) is 11.7. The van der Waals surface area contributed by atoms with Crippen LogP contribution in [0.3, 0.4) is 0 Å². The predicted octanol–water partition coefficient (Wildman–Crippen LogP) is 3.55. The van der Waals surface area contributed by atoms with Crippen molar-refractivity contribution < 1.29 is 9.21 Å². The van der Waals surface area contributed by atoms with Gasteiger partial charge in [0, 0.05) is 12.6 Å². The molecule has 1 saturated heterocycles. The zero-order valence-corrected chi connectivity index (χ0v) is 14.1. The van der Waals surface area contributed by atoms with Crippen LogP contribution in [0.15, 0.2) is 53.2 Å². The molecule has 2 heterocycles. The van der Waals surface area contributed by atoms with Gasteiger partial charge in [0.25, 0.3) is 0 Å². The van der Waals surface area contributed by atoms with Gasteiger partial charge < -0.3 is 9.73 Å². The van der Waals surface area contributed by atoms with Gasteiger partial charge in [-0.2, -0.15) is 0 Å². The molecule has 3 rings (SSSR count). The van der Waals surface area contributed by atoms with E-state index in [9.17, 15) is 4.79 Å². The number of carbonyl (C=O) groups is 1. The number of furan rings is 1. The number of aryl methyl sites for hydroxylation is 1. The molecule has 126 valence electrons. The minimum Gasteiger partial charge on any atom is -0.468 e. The van der Waals surface area contributed by atoms with Crippen molar-refractivity contribution in [2.24, 2.45) is 0 Å². The summed E-state index contributed by atoms with van der Waals surface area (Å²) < 4.78 is 5.57. The van der Waals surface area contributed by atoms with Gasteiger partial charge in [-0.3, -0.25) is 9.69 Å². The Kier molecular flexibility index (Phi) is 5.49. The Morgan fingerprint density at radius 2 is 2.00 bits per heavy atom. The van der Waals surface area contributed by atoms with Crippen LogP contribution in [0.25, 0.3) is 6.08 Å². The minimum absolute atomic E-state index is 0.0775. The quantitative estimate of drug-likeness (QED) is 0.827.